The summed E-state index contributed by atoms with van der Waals surface area (Å²) in [6, 6.07) is 11.9. The van der Waals surface area contributed by atoms with Crippen molar-refractivity contribution in [2.45, 2.75) is 38.0 Å². The van der Waals surface area contributed by atoms with Crippen LogP contribution in [-0.4, -0.2) is 22.6 Å². The summed E-state index contributed by atoms with van der Waals surface area (Å²) in [4.78, 5) is 12.1. The van der Waals surface area contributed by atoms with Crippen molar-refractivity contribution in [1.82, 2.24) is 15.5 Å². The maximum atomic E-state index is 12.1. The quantitative estimate of drug-likeness (QED) is 0.686. The molecular formula is C21H23N3O2S. The lowest BCUT2D eigenvalue weighted by atomic mass is 9.82. The molecule has 1 saturated carbocycles. The monoisotopic (exact) mass is 381 g/mol. The van der Waals surface area contributed by atoms with Crippen LogP contribution in [0.5, 0.6) is 0 Å². The minimum Gasteiger partial charge on any atom is -0.420 e. The van der Waals surface area contributed by atoms with Gasteiger partial charge in [-0.2, -0.15) is 11.3 Å². The van der Waals surface area contributed by atoms with E-state index in [2.05, 4.69) is 15.5 Å². The number of nitrogens with one attached hydrogen (secondary N) is 1. The zero-order chi connectivity index (χ0) is 18.5. The predicted octanol–water partition coefficient (Wildman–Crippen LogP) is 4.43. The maximum absolute atomic E-state index is 12.1. The number of nitrogens with zero attached hydrogens (tertiary/aromatic N) is 2. The Balaban J connectivity index is 1.23. The van der Waals surface area contributed by atoms with Crippen LogP contribution in [0.2, 0.25) is 0 Å². The highest BCUT2D eigenvalue weighted by atomic mass is 32.1. The molecular weight excluding hydrogens is 358 g/mol. The van der Waals surface area contributed by atoms with E-state index in [1.165, 1.54) is 0 Å². The van der Waals surface area contributed by atoms with Gasteiger partial charge in [-0.1, -0.05) is 30.3 Å². The van der Waals surface area contributed by atoms with E-state index in [0.29, 0.717) is 24.1 Å². The second-order valence-corrected chi connectivity index (χ2v) is 7.92. The minimum absolute atomic E-state index is 0.0978. The van der Waals surface area contributed by atoms with Crippen molar-refractivity contribution in [3.8, 4) is 11.5 Å². The number of rotatable bonds is 6. The molecule has 1 fully saturated rings. The van der Waals surface area contributed by atoms with Crippen LogP contribution in [0, 0.1) is 5.92 Å². The average molecular weight is 382 g/mol. The molecule has 1 aromatic carbocycles. The molecule has 1 amide bonds. The molecule has 140 valence electrons. The second kappa shape index (κ2) is 8.48. The van der Waals surface area contributed by atoms with Crippen LogP contribution < -0.4 is 5.32 Å². The molecule has 0 bridgehead atoms. The maximum Gasteiger partial charge on any atom is 0.248 e. The van der Waals surface area contributed by atoms with Crippen LogP contribution >= 0.6 is 11.3 Å². The van der Waals surface area contributed by atoms with Gasteiger partial charge >= 0.3 is 0 Å². The first-order valence-electron chi connectivity index (χ1n) is 9.44. The standard InChI is InChI=1S/C21H23N3O2S/c25-19(12-15-4-2-1-3-5-15)22-13-16-6-8-17(9-7-16)20-23-24-21(26-20)18-10-11-27-14-18/h1-5,10-11,14,16-17H,6-9,12-13H2,(H,22,25). The van der Waals surface area contributed by atoms with Gasteiger partial charge in [0.2, 0.25) is 17.7 Å². The highest BCUT2D eigenvalue weighted by Gasteiger charge is 2.26. The smallest absolute Gasteiger partial charge is 0.248 e. The average Bonchev–Trinajstić information content (AvgIpc) is 3.39. The zero-order valence-corrected chi connectivity index (χ0v) is 16.0. The van der Waals surface area contributed by atoms with Crippen LogP contribution in [0.25, 0.3) is 11.5 Å². The molecule has 6 heteroatoms. The Kier molecular flexibility index (Phi) is 5.63. The van der Waals surface area contributed by atoms with Crippen molar-refractivity contribution in [3.63, 3.8) is 0 Å². The molecule has 4 rings (SSSR count). The number of aromatic nitrogens is 2. The molecule has 27 heavy (non-hydrogen) atoms. The largest absolute Gasteiger partial charge is 0.420 e. The van der Waals surface area contributed by atoms with Crippen molar-refractivity contribution in [2.24, 2.45) is 5.92 Å². The van der Waals surface area contributed by atoms with Crippen molar-refractivity contribution in [2.75, 3.05) is 6.54 Å². The van der Waals surface area contributed by atoms with E-state index in [1.54, 1.807) is 11.3 Å². The summed E-state index contributed by atoms with van der Waals surface area (Å²) in [6.07, 6.45) is 4.66. The van der Waals surface area contributed by atoms with Gasteiger partial charge in [-0.3, -0.25) is 4.79 Å². The highest BCUT2D eigenvalue weighted by molar-refractivity contribution is 7.08. The Labute approximate surface area is 162 Å². The lowest BCUT2D eigenvalue weighted by Crippen LogP contribution is -2.32. The Morgan fingerprint density at radius 3 is 2.67 bits per heavy atom. The fourth-order valence-corrected chi connectivity index (χ4v) is 4.25. The molecule has 1 aliphatic carbocycles. The molecule has 0 atom stereocenters. The third-order valence-electron chi connectivity index (χ3n) is 5.20. The summed E-state index contributed by atoms with van der Waals surface area (Å²) in [5.74, 6) is 2.33. The number of benzene rings is 1. The molecule has 5 nitrogen and oxygen atoms in total. The first kappa shape index (κ1) is 17.9. The van der Waals surface area contributed by atoms with E-state index in [1.807, 2.05) is 47.2 Å². The number of hydrogen-bond donors (Lipinski definition) is 1. The van der Waals surface area contributed by atoms with E-state index >= 15 is 0 Å². The first-order valence-corrected chi connectivity index (χ1v) is 10.4. The molecule has 0 spiro atoms. The number of carbonyl (C=O) groups is 1. The topological polar surface area (TPSA) is 68.0 Å². The van der Waals surface area contributed by atoms with Crippen molar-refractivity contribution in [3.05, 3.63) is 58.6 Å². The van der Waals surface area contributed by atoms with Crippen LogP contribution in [0.3, 0.4) is 0 Å². The minimum atomic E-state index is 0.0978. The van der Waals surface area contributed by atoms with Crippen LogP contribution in [-0.2, 0) is 11.2 Å². The highest BCUT2D eigenvalue weighted by Crippen LogP contribution is 2.36. The van der Waals surface area contributed by atoms with Crippen LogP contribution in [0.15, 0.2) is 51.6 Å². The lowest BCUT2D eigenvalue weighted by molar-refractivity contribution is -0.120. The molecule has 1 aliphatic rings. The molecule has 3 aromatic rings. The Bertz CT molecular complexity index is 853. The van der Waals surface area contributed by atoms with Gasteiger partial charge in [-0.05, 0) is 48.6 Å². The zero-order valence-electron chi connectivity index (χ0n) is 15.1. The molecule has 0 aliphatic heterocycles. The number of carbonyl (C=O) groups excluding carboxylic acids is 1. The summed E-state index contributed by atoms with van der Waals surface area (Å²) in [7, 11) is 0. The van der Waals surface area contributed by atoms with Gasteiger partial charge in [0.1, 0.15) is 0 Å². The summed E-state index contributed by atoms with van der Waals surface area (Å²) in [6.45, 7) is 0.752. The lowest BCUT2D eigenvalue weighted by Gasteiger charge is -2.26. The van der Waals surface area contributed by atoms with Gasteiger partial charge in [0.15, 0.2) is 0 Å². The molecule has 0 unspecified atom stereocenters. The number of amides is 1. The van der Waals surface area contributed by atoms with E-state index < -0.39 is 0 Å². The number of thiophene rings is 1. The molecule has 2 heterocycles. The van der Waals surface area contributed by atoms with E-state index in [0.717, 1.165) is 49.2 Å². The predicted molar refractivity (Wildman–Crippen MR) is 105 cm³/mol. The van der Waals surface area contributed by atoms with Crippen molar-refractivity contribution >= 4 is 17.2 Å². The van der Waals surface area contributed by atoms with E-state index in [4.69, 9.17) is 4.42 Å². The Hall–Kier alpha value is -2.47. The molecule has 0 saturated heterocycles. The fourth-order valence-electron chi connectivity index (χ4n) is 3.62. The Morgan fingerprint density at radius 2 is 1.93 bits per heavy atom. The summed E-state index contributed by atoms with van der Waals surface area (Å²) < 4.78 is 5.88. The van der Waals surface area contributed by atoms with Gasteiger partial charge in [0.05, 0.1) is 6.42 Å². The molecule has 0 radical (unpaired) electrons. The molecule has 2 aromatic heterocycles. The third-order valence-corrected chi connectivity index (χ3v) is 5.88. The summed E-state index contributed by atoms with van der Waals surface area (Å²) >= 11 is 1.63. The van der Waals surface area contributed by atoms with Gasteiger partial charge in [-0.25, -0.2) is 0 Å². The van der Waals surface area contributed by atoms with E-state index in [-0.39, 0.29) is 5.91 Å². The Morgan fingerprint density at radius 1 is 1.11 bits per heavy atom. The summed E-state index contributed by atoms with van der Waals surface area (Å²) in [5, 5.41) is 15.6. The first-order chi connectivity index (χ1) is 13.3. The van der Waals surface area contributed by atoms with Gasteiger partial charge in [-0.15, -0.1) is 10.2 Å². The summed E-state index contributed by atoms with van der Waals surface area (Å²) in [5.41, 5.74) is 2.05. The van der Waals surface area contributed by atoms with Gasteiger partial charge in [0.25, 0.3) is 0 Å². The third kappa shape index (κ3) is 4.63. The van der Waals surface area contributed by atoms with Gasteiger partial charge in [0, 0.05) is 23.4 Å². The van der Waals surface area contributed by atoms with Crippen LogP contribution in [0.1, 0.15) is 43.1 Å². The van der Waals surface area contributed by atoms with Gasteiger partial charge < -0.3 is 9.73 Å². The van der Waals surface area contributed by atoms with E-state index in [9.17, 15) is 4.79 Å². The van der Waals surface area contributed by atoms with Crippen molar-refractivity contribution in [1.29, 1.82) is 0 Å². The second-order valence-electron chi connectivity index (χ2n) is 7.14. The molecule has 1 N–H and O–H groups in total. The SMILES string of the molecule is O=C(Cc1ccccc1)NCC1CCC(c2nnc(-c3ccsc3)o2)CC1. The van der Waals surface area contributed by atoms with Crippen molar-refractivity contribution < 1.29 is 9.21 Å². The van der Waals surface area contributed by atoms with Crippen LogP contribution in [0.4, 0.5) is 0 Å². The normalized spacial score (nSPS) is 19.7. The fraction of sp³-hybridized carbons (Fsp3) is 0.381. The number of hydrogen-bond acceptors (Lipinski definition) is 5.